The summed E-state index contributed by atoms with van der Waals surface area (Å²) in [4.78, 5) is 11.7. The van der Waals surface area contributed by atoms with Crippen molar-refractivity contribution in [1.82, 2.24) is 0 Å². The number of rotatable bonds is 4. The minimum Gasteiger partial charge on any atom is -0.458 e. The summed E-state index contributed by atoms with van der Waals surface area (Å²) in [5.41, 5.74) is -0.433. The molecule has 0 aromatic carbocycles. The van der Waals surface area contributed by atoms with Crippen LogP contribution in [0.15, 0.2) is 0 Å². The van der Waals surface area contributed by atoms with Gasteiger partial charge in [-0.1, -0.05) is 27.2 Å². The predicted molar refractivity (Wildman–Crippen MR) is 76.9 cm³/mol. The molecule has 0 aliphatic heterocycles. The van der Waals surface area contributed by atoms with Crippen molar-refractivity contribution >= 4 is 5.97 Å². The number of hydrogen-bond acceptors (Lipinski definition) is 3. The van der Waals surface area contributed by atoms with Crippen LogP contribution in [-0.4, -0.2) is 24.3 Å². The quantitative estimate of drug-likeness (QED) is 0.729. The summed E-state index contributed by atoms with van der Waals surface area (Å²) in [7, 11) is 0. The Kier molecular flexibility index (Phi) is 5.84. The highest BCUT2D eigenvalue weighted by molar-refractivity contribution is 5.71. The molecule has 1 aliphatic carbocycles. The Balaban J connectivity index is 2.46. The molecule has 0 radical (unpaired) electrons. The molecular formula is C16H30O3. The summed E-state index contributed by atoms with van der Waals surface area (Å²) in [6.07, 6.45) is 3.75. The zero-order valence-electron chi connectivity index (χ0n) is 13.4. The van der Waals surface area contributed by atoms with Crippen LogP contribution in [-0.2, 0) is 14.3 Å². The van der Waals surface area contributed by atoms with Gasteiger partial charge in [0.15, 0.2) is 0 Å². The van der Waals surface area contributed by atoms with E-state index in [0.29, 0.717) is 17.8 Å². The zero-order chi connectivity index (χ0) is 14.6. The number of carbonyl (C=O) groups is 1. The first-order valence-electron chi connectivity index (χ1n) is 7.52. The lowest BCUT2D eigenvalue weighted by Crippen LogP contribution is -2.36. The van der Waals surface area contributed by atoms with E-state index in [2.05, 4.69) is 20.8 Å². The Hall–Kier alpha value is -0.570. The minimum atomic E-state index is -0.433. The van der Waals surface area contributed by atoms with Gasteiger partial charge in [-0.15, -0.1) is 0 Å². The number of hydrogen-bond donors (Lipinski definition) is 0. The van der Waals surface area contributed by atoms with E-state index in [-0.39, 0.29) is 18.7 Å². The fourth-order valence-electron chi connectivity index (χ4n) is 2.85. The Morgan fingerprint density at radius 3 is 2.42 bits per heavy atom. The Bertz CT molecular complexity index is 291. The summed E-state index contributed by atoms with van der Waals surface area (Å²) in [6, 6.07) is 0. The minimum absolute atomic E-state index is 0.0812. The summed E-state index contributed by atoms with van der Waals surface area (Å²) in [6.45, 7) is 12.5. The summed E-state index contributed by atoms with van der Waals surface area (Å²) in [5.74, 6) is 1.61. The van der Waals surface area contributed by atoms with Crippen LogP contribution in [0.25, 0.3) is 0 Å². The van der Waals surface area contributed by atoms with Crippen molar-refractivity contribution in [2.75, 3.05) is 6.61 Å². The number of carbonyl (C=O) groups excluding carboxylic acids is 1. The first kappa shape index (κ1) is 16.5. The molecule has 1 aliphatic rings. The Labute approximate surface area is 118 Å². The maximum absolute atomic E-state index is 11.7. The lowest BCUT2D eigenvalue weighted by atomic mass is 9.75. The standard InChI is InChI=1S/C16H30O3/c1-11(2)13-8-7-12(3)9-14(13)18-10-15(17)19-16(4,5)6/h11-14H,7-10H2,1-6H3. The second kappa shape index (κ2) is 6.74. The van der Waals surface area contributed by atoms with Gasteiger partial charge in [0.2, 0.25) is 0 Å². The van der Waals surface area contributed by atoms with Crippen molar-refractivity contribution in [2.24, 2.45) is 17.8 Å². The van der Waals surface area contributed by atoms with Crippen LogP contribution in [0.4, 0.5) is 0 Å². The van der Waals surface area contributed by atoms with E-state index in [9.17, 15) is 4.79 Å². The van der Waals surface area contributed by atoms with Gasteiger partial charge < -0.3 is 9.47 Å². The van der Waals surface area contributed by atoms with Crippen LogP contribution in [0.5, 0.6) is 0 Å². The summed E-state index contributed by atoms with van der Waals surface area (Å²) < 4.78 is 11.1. The molecule has 3 atom stereocenters. The van der Waals surface area contributed by atoms with Gasteiger partial charge in [0.1, 0.15) is 12.2 Å². The molecule has 3 unspecified atom stereocenters. The topological polar surface area (TPSA) is 35.5 Å². The van der Waals surface area contributed by atoms with E-state index in [0.717, 1.165) is 6.42 Å². The third kappa shape index (κ3) is 5.94. The maximum Gasteiger partial charge on any atom is 0.332 e. The van der Waals surface area contributed by atoms with Crippen molar-refractivity contribution in [3.05, 3.63) is 0 Å². The van der Waals surface area contributed by atoms with Gasteiger partial charge in [-0.25, -0.2) is 4.79 Å². The van der Waals surface area contributed by atoms with Gasteiger partial charge in [0.25, 0.3) is 0 Å². The third-order valence-corrected chi connectivity index (χ3v) is 3.80. The molecule has 0 spiro atoms. The van der Waals surface area contributed by atoms with Crippen molar-refractivity contribution in [3.8, 4) is 0 Å². The lowest BCUT2D eigenvalue weighted by Gasteiger charge is -2.37. The second-order valence-corrected chi connectivity index (χ2v) is 7.26. The molecule has 1 saturated carbocycles. The number of esters is 1. The average molecular weight is 270 g/mol. The van der Waals surface area contributed by atoms with Crippen LogP contribution >= 0.6 is 0 Å². The normalized spacial score (nSPS) is 28.5. The van der Waals surface area contributed by atoms with Gasteiger partial charge in [-0.3, -0.25) is 0 Å². The van der Waals surface area contributed by atoms with Crippen molar-refractivity contribution in [1.29, 1.82) is 0 Å². The monoisotopic (exact) mass is 270 g/mol. The van der Waals surface area contributed by atoms with Gasteiger partial charge in [-0.2, -0.15) is 0 Å². The van der Waals surface area contributed by atoms with E-state index >= 15 is 0 Å². The van der Waals surface area contributed by atoms with Gasteiger partial charge in [-0.05, 0) is 51.4 Å². The van der Waals surface area contributed by atoms with Gasteiger partial charge >= 0.3 is 5.97 Å². The van der Waals surface area contributed by atoms with E-state index in [4.69, 9.17) is 9.47 Å². The zero-order valence-corrected chi connectivity index (χ0v) is 13.4. The Morgan fingerprint density at radius 2 is 1.89 bits per heavy atom. The third-order valence-electron chi connectivity index (χ3n) is 3.80. The summed E-state index contributed by atoms with van der Waals surface area (Å²) >= 11 is 0. The molecule has 0 aromatic rings. The SMILES string of the molecule is CC1CCC(C(C)C)C(OCC(=O)OC(C)(C)C)C1. The molecule has 1 fully saturated rings. The molecule has 112 valence electrons. The lowest BCUT2D eigenvalue weighted by molar-refractivity contribution is -0.165. The van der Waals surface area contributed by atoms with Gasteiger partial charge in [0, 0.05) is 0 Å². The highest BCUT2D eigenvalue weighted by atomic mass is 16.6. The van der Waals surface area contributed by atoms with E-state index < -0.39 is 5.60 Å². The fourth-order valence-corrected chi connectivity index (χ4v) is 2.85. The highest BCUT2D eigenvalue weighted by Crippen LogP contribution is 2.35. The van der Waals surface area contributed by atoms with Crippen LogP contribution in [0.1, 0.15) is 60.8 Å². The van der Waals surface area contributed by atoms with Crippen LogP contribution in [0, 0.1) is 17.8 Å². The first-order valence-corrected chi connectivity index (χ1v) is 7.52. The molecule has 0 amide bonds. The molecular weight excluding hydrogens is 240 g/mol. The van der Waals surface area contributed by atoms with Crippen molar-refractivity contribution < 1.29 is 14.3 Å². The predicted octanol–water partition coefficient (Wildman–Crippen LogP) is 3.81. The molecule has 0 heterocycles. The van der Waals surface area contributed by atoms with Crippen LogP contribution < -0.4 is 0 Å². The summed E-state index contributed by atoms with van der Waals surface area (Å²) in [5, 5.41) is 0. The van der Waals surface area contributed by atoms with E-state index in [1.807, 2.05) is 20.8 Å². The first-order chi connectivity index (χ1) is 8.69. The van der Waals surface area contributed by atoms with Crippen LogP contribution in [0.3, 0.4) is 0 Å². The van der Waals surface area contributed by atoms with E-state index in [1.165, 1.54) is 12.8 Å². The molecule has 19 heavy (non-hydrogen) atoms. The molecule has 3 heteroatoms. The maximum atomic E-state index is 11.7. The molecule has 0 bridgehead atoms. The average Bonchev–Trinajstić information content (AvgIpc) is 2.23. The number of ether oxygens (including phenoxy) is 2. The van der Waals surface area contributed by atoms with Crippen molar-refractivity contribution in [3.63, 3.8) is 0 Å². The molecule has 0 saturated heterocycles. The molecule has 0 N–H and O–H groups in total. The second-order valence-electron chi connectivity index (χ2n) is 7.26. The smallest absolute Gasteiger partial charge is 0.332 e. The van der Waals surface area contributed by atoms with Crippen LogP contribution in [0.2, 0.25) is 0 Å². The van der Waals surface area contributed by atoms with Gasteiger partial charge in [0.05, 0.1) is 6.10 Å². The molecule has 1 rings (SSSR count). The van der Waals surface area contributed by atoms with E-state index in [1.54, 1.807) is 0 Å². The largest absolute Gasteiger partial charge is 0.458 e. The fraction of sp³-hybridized carbons (Fsp3) is 0.938. The molecule has 3 nitrogen and oxygen atoms in total. The highest BCUT2D eigenvalue weighted by Gasteiger charge is 2.32. The molecule has 0 aromatic heterocycles. The Morgan fingerprint density at radius 1 is 1.26 bits per heavy atom. The van der Waals surface area contributed by atoms with Crippen molar-refractivity contribution in [2.45, 2.75) is 72.5 Å².